The summed E-state index contributed by atoms with van der Waals surface area (Å²) in [5.41, 5.74) is 0.772. The van der Waals surface area contributed by atoms with E-state index in [1.54, 1.807) is 6.07 Å². The monoisotopic (exact) mass is 264 g/mol. The normalized spacial score (nSPS) is 10.6. The molecule has 0 aliphatic heterocycles. The van der Waals surface area contributed by atoms with Crippen LogP contribution >= 0.6 is 0 Å². The summed E-state index contributed by atoms with van der Waals surface area (Å²) in [7, 11) is 0. The van der Waals surface area contributed by atoms with Gasteiger partial charge in [-0.3, -0.25) is 0 Å². The van der Waals surface area contributed by atoms with Gasteiger partial charge >= 0.3 is 5.97 Å². The van der Waals surface area contributed by atoms with Gasteiger partial charge in [-0.15, -0.1) is 0 Å². The van der Waals surface area contributed by atoms with Crippen molar-refractivity contribution in [1.82, 2.24) is 0 Å². The summed E-state index contributed by atoms with van der Waals surface area (Å²) < 4.78 is 11.2. The smallest absolute Gasteiger partial charge is 0.328 e. The molecule has 1 aromatic rings. The van der Waals surface area contributed by atoms with E-state index in [0.29, 0.717) is 24.7 Å². The second kappa shape index (κ2) is 8.19. The van der Waals surface area contributed by atoms with Crippen molar-refractivity contribution >= 4 is 12.0 Å². The maximum absolute atomic E-state index is 10.5. The molecule has 0 saturated carbocycles. The highest BCUT2D eigenvalue weighted by Gasteiger charge is 2.05. The molecular weight excluding hydrogens is 244 g/mol. The van der Waals surface area contributed by atoms with Crippen LogP contribution in [0.15, 0.2) is 24.3 Å². The molecule has 0 atom stereocenters. The summed E-state index contributed by atoms with van der Waals surface area (Å²) in [6.45, 7) is 5.19. The Labute approximate surface area is 113 Å². The molecular formula is C15H20O4. The van der Waals surface area contributed by atoms with E-state index in [0.717, 1.165) is 24.5 Å². The van der Waals surface area contributed by atoms with Gasteiger partial charge in [-0.25, -0.2) is 4.79 Å². The molecule has 1 rings (SSSR count). The first kappa shape index (κ1) is 15.1. The highest BCUT2D eigenvalue weighted by atomic mass is 16.5. The lowest BCUT2D eigenvalue weighted by molar-refractivity contribution is -0.131. The molecule has 0 saturated heterocycles. The Morgan fingerprint density at radius 1 is 1.26 bits per heavy atom. The van der Waals surface area contributed by atoms with Gasteiger partial charge in [0.1, 0.15) is 0 Å². The number of hydrogen-bond donors (Lipinski definition) is 1. The lowest BCUT2D eigenvalue weighted by atomic mass is 10.2. The Kier molecular flexibility index (Phi) is 6.50. The van der Waals surface area contributed by atoms with E-state index in [-0.39, 0.29) is 0 Å². The fourth-order valence-corrected chi connectivity index (χ4v) is 1.51. The van der Waals surface area contributed by atoms with Crippen molar-refractivity contribution < 1.29 is 19.4 Å². The van der Waals surface area contributed by atoms with E-state index in [2.05, 4.69) is 6.92 Å². The van der Waals surface area contributed by atoms with Gasteiger partial charge in [0.25, 0.3) is 0 Å². The topological polar surface area (TPSA) is 55.8 Å². The summed E-state index contributed by atoms with van der Waals surface area (Å²) in [6, 6.07) is 5.40. The summed E-state index contributed by atoms with van der Waals surface area (Å²) >= 11 is 0. The van der Waals surface area contributed by atoms with Gasteiger partial charge in [-0.05, 0) is 37.1 Å². The van der Waals surface area contributed by atoms with Crippen LogP contribution in [-0.4, -0.2) is 24.3 Å². The lowest BCUT2D eigenvalue weighted by Crippen LogP contribution is -2.00. The van der Waals surface area contributed by atoms with Gasteiger partial charge in [0.2, 0.25) is 0 Å². The number of ether oxygens (including phenoxy) is 2. The van der Waals surface area contributed by atoms with Crippen LogP contribution in [-0.2, 0) is 4.79 Å². The zero-order valence-corrected chi connectivity index (χ0v) is 11.4. The molecule has 0 amide bonds. The van der Waals surface area contributed by atoms with Crippen molar-refractivity contribution in [2.24, 2.45) is 0 Å². The first-order valence-electron chi connectivity index (χ1n) is 6.48. The first-order chi connectivity index (χ1) is 9.17. The minimum atomic E-state index is -0.971. The summed E-state index contributed by atoms with van der Waals surface area (Å²) in [6.07, 6.45) is 4.69. The largest absolute Gasteiger partial charge is 0.490 e. The molecule has 1 N–H and O–H groups in total. The second-order valence-corrected chi connectivity index (χ2v) is 4.01. The maximum Gasteiger partial charge on any atom is 0.328 e. The van der Waals surface area contributed by atoms with Crippen LogP contribution in [0.2, 0.25) is 0 Å². The van der Waals surface area contributed by atoms with Gasteiger partial charge in [-0.1, -0.05) is 19.4 Å². The molecule has 0 unspecified atom stereocenters. The number of carboxylic acid groups (broad SMARTS) is 1. The van der Waals surface area contributed by atoms with Crippen LogP contribution in [0, 0.1) is 0 Å². The van der Waals surface area contributed by atoms with Crippen LogP contribution in [0.3, 0.4) is 0 Å². The van der Waals surface area contributed by atoms with E-state index in [1.165, 1.54) is 6.08 Å². The quantitative estimate of drug-likeness (QED) is 0.578. The van der Waals surface area contributed by atoms with Crippen molar-refractivity contribution in [2.45, 2.75) is 26.7 Å². The lowest BCUT2D eigenvalue weighted by Gasteiger charge is -2.12. The number of hydrogen-bond acceptors (Lipinski definition) is 3. The van der Waals surface area contributed by atoms with Gasteiger partial charge in [0.15, 0.2) is 11.5 Å². The molecule has 19 heavy (non-hydrogen) atoms. The number of unbranched alkanes of at least 4 members (excludes halogenated alkanes) is 1. The highest BCUT2D eigenvalue weighted by Crippen LogP contribution is 2.29. The fraction of sp³-hybridized carbons (Fsp3) is 0.400. The molecule has 0 fully saturated rings. The third kappa shape index (κ3) is 5.46. The van der Waals surface area contributed by atoms with E-state index in [9.17, 15) is 4.79 Å². The average molecular weight is 264 g/mol. The minimum absolute atomic E-state index is 0.538. The summed E-state index contributed by atoms with van der Waals surface area (Å²) in [5.74, 6) is 0.371. The Balaban J connectivity index is 2.84. The molecule has 0 heterocycles. The Morgan fingerprint density at radius 3 is 2.68 bits per heavy atom. The maximum atomic E-state index is 10.5. The van der Waals surface area contributed by atoms with Crippen LogP contribution in [0.1, 0.15) is 32.3 Å². The first-order valence-corrected chi connectivity index (χ1v) is 6.48. The predicted octanol–water partition coefficient (Wildman–Crippen LogP) is 3.36. The van der Waals surface area contributed by atoms with Crippen LogP contribution in [0.5, 0.6) is 11.5 Å². The second-order valence-electron chi connectivity index (χ2n) is 4.01. The summed E-state index contributed by atoms with van der Waals surface area (Å²) in [4.78, 5) is 10.5. The van der Waals surface area contributed by atoms with E-state index >= 15 is 0 Å². The number of carboxylic acids is 1. The molecule has 0 radical (unpaired) electrons. The molecule has 0 aliphatic carbocycles. The molecule has 1 aromatic carbocycles. The molecule has 0 aliphatic rings. The predicted molar refractivity (Wildman–Crippen MR) is 74.7 cm³/mol. The number of benzene rings is 1. The Hall–Kier alpha value is -1.97. The Bertz CT molecular complexity index is 438. The average Bonchev–Trinajstić information content (AvgIpc) is 2.39. The zero-order chi connectivity index (χ0) is 14.1. The molecule has 4 heteroatoms. The van der Waals surface area contributed by atoms with E-state index < -0.39 is 5.97 Å². The van der Waals surface area contributed by atoms with Crippen molar-refractivity contribution in [2.75, 3.05) is 13.2 Å². The van der Waals surface area contributed by atoms with Crippen molar-refractivity contribution in [3.63, 3.8) is 0 Å². The molecule has 104 valence electrons. The summed E-state index contributed by atoms with van der Waals surface area (Å²) in [5, 5.41) is 8.60. The minimum Gasteiger partial charge on any atom is -0.490 e. The van der Waals surface area contributed by atoms with Gasteiger partial charge < -0.3 is 14.6 Å². The zero-order valence-electron chi connectivity index (χ0n) is 11.4. The molecule has 4 nitrogen and oxygen atoms in total. The van der Waals surface area contributed by atoms with Gasteiger partial charge in [-0.2, -0.15) is 0 Å². The highest BCUT2D eigenvalue weighted by molar-refractivity contribution is 5.85. The number of rotatable bonds is 8. The molecule has 0 spiro atoms. The third-order valence-corrected chi connectivity index (χ3v) is 2.44. The molecule has 0 bridgehead atoms. The van der Waals surface area contributed by atoms with Crippen LogP contribution < -0.4 is 9.47 Å². The molecule has 0 aromatic heterocycles. The number of carbonyl (C=O) groups is 1. The van der Waals surface area contributed by atoms with Crippen molar-refractivity contribution in [3.05, 3.63) is 29.8 Å². The van der Waals surface area contributed by atoms with Gasteiger partial charge in [0, 0.05) is 6.08 Å². The van der Waals surface area contributed by atoms with E-state index in [4.69, 9.17) is 14.6 Å². The van der Waals surface area contributed by atoms with Crippen molar-refractivity contribution in [1.29, 1.82) is 0 Å². The van der Waals surface area contributed by atoms with Crippen LogP contribution in [0.4, 0.5) is 0 Å². The van der Waals surface area contributed by atoms with E-state index in [1.807, 2.05) is 19.1 Å². The van der Waals surface area contributed by atoms with Crippen molar-refractivity contribution in [3.8, 4) is 11.5 Å². The third-order valence-electron chi connectivity index (χ3n) is 2.44. The number of aliphatic carboxylic acids is 1. The Morgan fingerprint density at radius 2 is 2.05 bits per heavy atom. The standard InChI is InChI=1S/C15H20O4/c1-3-5-10-19-13-8-6-12(7-9-15(16)17)11-14(13)18-4-2/h6-9,11H,3-5,10H2,1-2H3,(H,16,17)/b9-7-. The van der Waals surface area contributed by atoms with Crippen LogP contribution in [0.25, 0.3) is 6.08 Å². The fourth-order valence-electron chi connectivity index (χ4n) is 1.51. The SMILES string of the molecule is CCCCOc1ccc(/C=C\C(=O)O)cc1OCC. The van der Waals surface area contributed by atoms with Gasteiger partial charge in [0.05, 0.1) is 13.2 Å².